The van der Waals surface area contributed by atoms with E-state index in [4.69, 9.17) is 17.5 Å². The van der Waals surface area contributed by atoms with Gasteiger partial charge in [0.15, 0.2) is 0 Å². The van der Waals surface area contributed by atoms with Crippen LogP contribution in [0.2, 0.25) is 0 Å². The van der Waals surface area contributed by atoms with Gasteiger partial charge in [-0.2, -0.15) is 5.26 Å². The van der Waals surface area contributed by atoms with E-state index in [1.807, 2.05) is 13.0 Å². The lowest BCUT2D eigenvalue weighted by molar-refractivity contribution is 0.690. The summed E-state index contributed by atoms with van der Waals surface area (Å²) in [5, 5.41) is 14.4. The number of nitrogens with one attached hydrogen (secondary N) is 2. The highest BCUT2D eigenvalue weighted by atomic mass is 32.1. The fourth-order valence-electron chi connectivity index (χ4n) is 1.79. The molecule has 2 heterocycles. The van der Waals surface area contributed by atoms with Gasteiger partial charge < -0.3 is 4.57 Å². The van der Waals surface area contributed by atoms with Gasteiger partial charge in [-0.15, -0.1) is 0 Å². The van der Waals surface area contributed by atoms with Crippen molar-refractivity contribution in [3.63, 3.8) is 0 Å². The summed E-state index contributed by atoms with van der Waals surface area (Å²) < 4.78 is 1.83. The SMILES string of the molecule is Cc1cc(C)n(Cc2nc(=S)[nH][nH]2)c(=O)c1C#N. The lowest BCUT2D eigenvalue weighted by Crippen LogP contribution is -2.26. The van der Waals surface area contributed by atoms with Crippen LogP contribution in [0.1, 0.15) is 22.6 Å². The summed E-state index contributed by atoms with van der Waals surface area (Å²) in [6, 6.07) is 3.74. The molecule has 0 aliphatic rings. The van der Waals surface area contributed by atoms with Gasteiger partial charge >= 0.3 is 0 Å². The molecule has 0 aliphatic heterocycles. The third-order valence-electron chi connectivity index (χ3n) is 2.67. The number of rotatable bonds is 2. The van der Waals surface area contributed by atoms with Crippen LogP contribution < -0.4 is 5.56 Å². The Bertz CT molecular complexity index is 746. The molecule has 0 fully saturated rings. The second-order valence-electron chi connectivity index (χ2n) is 3.96. The zero-order chi connectivity index (χ0) is 13.3. The van der Waals surface area contributed by atoms with E-state index in [2.05, 4.69) is 15.2 Å². The van der Waals surface area contributed by atoms with Crippen molar-refractivity contribution in [3.05, 3.63) is 43.8 Å². The number of aromatic nitrogens is 4. The average molecular weight is 261 g/mol. The lowest BCUT2D eigenvalue weighted by Gasteiger charge is -2.09. The van der Waals surface area contributed by atoms with Gasteiger partial charge in [0.25, 0.3) is 5.56 Å². The molecule has 0 saturated heterocycles. The summed E-state index contributed by atoms with van der Waals surface area (Å²) in [7, 11) is 0. The number of hydrogen-bond acceptors (Lipinski definition) is 4. The standard InChI is InChI=1S/C11H11N5OS/c1-6-3-7(2)16(10(17)8(6)4-12)5-9-13-11(18)15-14-9/h3H,5H2,1-2H3,(H2,13,14,15,18). The van der Waals surface area contributed by atoms with Gasteiger partial charge in [-0.1, -0.05) is 0 Å². The van der Waals surface area contributed by atoms with Gasteiger partial charge in [-0.3, -0.25) is 15.0 Å². The number of aryl methyl sites for hydroxylation is 2. The molecule has 0 atom stereocenters. The molecule has 0 spiro atoms. The molecule has 2 aromatic heterocycles. The monoisotopic (exact) mass is 261 g/mol. The van der Waals surface area contributed by atoms with Crippen LogP contribution in [0.5, 0.6) is 0 Å². The van der Waals surface area contributed by atoms with E-state index in [-0.39, 0.29) is 17.7 Å². The molecule has 6 nitrogen and oxygen atoms in total. The Hall–Kier alpha value is -2.20. The molecule has 18 heavy (non-hydrogen) atoms. The maximum Gasteiger partial charge on any atom is 0.269 e. The molecule has 0 saturated carbocycles. The van der Waals surface area contributed by atoms with Gasteiger partial charge in [0.1, 0.15) is 17.5 Å². The van der Waals surface area contributed by atoms with Crippen LogP contribution in [-0.2, 0) is 6.54 Å². The van der Waals surface area contributed by atoms with Gasteiger partial charge in [0.2, 0.25) is 4.77 Å². The van der Waals surface area contributed by atoms with Crippen LogP contribution in [0.25, 0.3) is 0 Å². The first kappa shape index (κ1) is 12.3. The first-order chi connectivity index (χ1) is 8.52. The largest absolute Gasteiger partial charge is 0.304 e. The Morgan fingerprint density at radius 3 is 2.78 bits per heavy atom. The van der Waals surface area contributed by atoms with Crippen LogP contribution in [-0.4, -0.2) is 19.7 Å². The summed E-state index contributed by atoms with van der Waals surface area (Å²) in [5.41, 5.74) is 1.32. The van der Waals surface area contributed by atoms with E-state index < -0.39 is 0 Å². The third kappa shape index (κ3) is 2.10. The van der Waals surface area contributed by atoms with Crippen molar-refractivity contribution in [2.75, 3.05) is 0 Å². The topological polar surface area (TPSA) is 90.3 Å². The molecule has 0 aromatic carbocycles. The van der Waals surface area contributed by atoms with E-state index >= 15 is 0 Å². The molecule has 0 amide bonds. The van der Waals surface area contributed by atoms with Crippen molar-refractivity contribution in [3.8, 4) is 6.07 Å². The van der Waals surface area contributed by atoms with Crippen LogP contribution in [0, 0.1) is 29.9 Å². The quantitative estimate of drug-likeness (QED) is 0.794. The second-order valence-corrected chi connectivity index (χ2v) is 4.35. The van der Waals surface area contributed by atoms with E-state index in [1.165, 1.54) is 4.57 Å². The molecule has 7 heteroatoms. The van der Waals surface area contributed by atoms with Gasteiger partial charge in [-0.05, 0) is 37.7 Å². The molecule has 2 rings (SSSR count). The zero-order valence-corrected chi connectivity index (χ0v) is 10.8. The van der Waals surface area contributed by atoms with Crippen molar-refractivity contribution >= 4 is 12.2 Å². The molecular weight excluding hydrogens is 250 g/mol. The average Bonchev–Trinajstić information content (AvgIpc) is 2.70. The first-order valence-electron chi connectivity index (χ1n) is 5.27. The Labute approximate surface area is 108 Å². The van der Waals surface area contributed by atoms with E-state index in [9.17, 15) is 4.79 Å². The van der Waals surface area contributed by atoms with Crippen LogP contribution in [0.15, 0.2) is 10.9 Å². The van der Waals surface area contributed by atoms with E-state index in [1.54, 1.807) is 13.0 Å². The number of aromatic amines is 2. The Morgan fingerprint density at radius 1 is 1.50 bits per heavy atom. The fourth-order valence-corrected chi connectivity index (χ4v) is 1.95. The molecule has 2 aromatic rings. The first-order valence-corrected chi connectivity index (χ1v) is 5.68. The van der Waals surface area contributed by atoms with Crippen LogP contribution in [0.4, 0.5) is 0 Å². The minimum Gasteiger partial charge on any atom is -0.304 e. The number of pyridine rings is 1. The normalized spacial score (nSPS) is 10.3. The second kappa shape index (κ2) is 4.58. The summed E-state index contributed by atoms with van der Waals surface area (Å²) in [6.45, 7) is 3.82. The number of hydrogen-bond donors (Lipinski definition) is 2. The lowest BCUT2D eigenvalue weighted by atomic mass is 10.1. The van der Waals surface area contributed by atoms with Crippen molar-refractivity contribution < 1.29 is 0 Å². The van der Waals surface area contributed by atoms with Crippen LogP contribution >= 0.6 is 12.2 Å². The molecule has 0 radical (unpaired) electrons. The Balaban J connectivity index is 2.55. The number of nitriles is 1. The minimum atomic E-state index is -0.308. The van der Waals surface area contributed by atoms with Crippen molar-refractivity contribution in [1.82, 2.24) is 19.7 Å². The predicted molar refractivity (Wildman–Crippen MR) is 67.8 cm³/mol. The van der Waals surface area contributed by atoms with Gasteiger partial charge in [0, 0.05) is 5.69 Å². The summed E-state index contributed by atoms with van der Waals surface area (Å²) in [6.07, 6.45) is 0. The highest BCUT2D eigenvalue weighted by molar-refractivity contribution is 7.71. The molecular formula is C11H11N5OS. The summed E-state index contributed by atoms with van der Waals surface area (Å²) in [4.78, 5) is 16.1. The van der Waals surface area contributed by atoms with Crippen molar-refractivity contribution in [2.45, 2.75) is 20.4 Å². The smallest absolute Gasteiger partial charge is 0.269 e. The van der Waals surface area contributed by atoms with Gasteiger partial charge in [0.05, 0.1) is 6.54 Å². The molecule has 0 aliphatic carbocycles. The highest BCUT2D eigenvalue weighted by Crippen LogP contribution is 2.06. The maximum absolute atomic E-state index is 12.1. The fraction of sp³-hybridized carbons (Fsp3) is 0.273. The number of H-pyrrole nitrogens is 2. The summed E-state index contributed by atoms with van der Waals surface area (Å²) in [5.74, 6) is 0.554. The minimum absolute atomic E-state index is 0.162. The molecule has 2 N–H and O–H groups in total. The summed E-state index contributed by atoms with van der Waals surface area (Å²) >= 11 is 4.85. The Kier molecular flexibility index (Phi) is 3.12. The predicted octanol–water partition coefficient (Wildman–Crippen LogP) is 1.17. The van der Waals surface area contributed by atoms with Crippen LogP contribution in [0.3, 0.4) is 0 Å². The van der Waals surface area contributed by atoms with E-state index in [0.29, 0.717) is 16.2 Å². The number of nitrogens with zero attached hydrogens (tertiary/aromatic N) is 3. The third-order valence-corrected chi connectivity index (χ3v) is 2.87. The maximum atomic E-state index is 12.1. The zero-order valence-electron chi connectivity index (χ0n) is 9.94. The Morgan fingerprint density at radius 2 is 2.22 bits per heavy atom. The molecule has 0 bridgehead atoms. The highest BCUT2D eigenvalue weighted by Gasteiger charge is 2.11. The molecule has 0 unspecified atom stereocenters. The van der Waals surface area contributed by atoms with Gasteiger partial charge in [-0.25, -0.2) is 4.98 Å². The van der Waals surface area contributed by atoms with Crippen molar-refractivity contribution in [1.29, 1.82) is 5.26 Å². The van der Waals surface area contributed by atoms with E-state index in [0.717, 1.165) is 5.69 Å². The molecule has 92 valence electrons. The van der Waals surface area contributed by atoms with Crippen molar-refractivity contribution in [2.24, 2.45) is 0 Å².